The van der Waals surface area contributed by atoms with Crippen molar-refractivity contribution < 1.29 is 4.74 Å². The van der Waals surface area contributed by atoms with E-state index in [9.17, 15) is 0 Å². The number of nitrogen functional groups attached to an aromatic ring is 1. The maximum Gasteiger partial charge on any atom is 0.125 e. The predicted octanol–water partition coefficient (Wildman–Crippen LogP) is 1.80. The van der Waals surface area contributed by atoms with E-state index >= 15 is 0 Å². The fraction of sp³-hybridized carbons (Fsp3) is 0.600. The number of hydrogen-bond acceptors (Lipinski definition) is 4. The third-order valence-electron chi connectivity index (χ3n) is 3.75. The molecule has 2 N–H and O–H groups in total. The van der Waals surface area contributed by atoms with Gasteiger partial charge in [-0.3, -0.25) is 0 Å². The first-order valence-corrected chi connectivity index (χ1v) is 7.02. The average molecular weight is 263 g/mol. The van der Waals surface area contributed by atoms with Gasteiger partial charge in [0, 0.05) is 37.0 Å². The van der Waals surface area contributed by atoms with Crippen molar-refractivity contribution in [3.05, 3.63) is 23.8 Å². The van der Waals surface area contributed by atoms with Crippen molar-refractivity contribution in [2.75, 3.05) is 46.1 Å². The summed E-state index contributed by atoms with van der Waals surface area (Å²) in [5.74, 6) is 0.882. The number of likely N-dealkylation sites (tertiary alicyclic amines) is 1. The molecule has 0 saturated carbocycles. The van der Waals surface area contributed by atoms with Crippen LogP contribution in [-0.2, 0) is 6.54 Å². The molecule has 1 aliphatic rings. The van der Waals surface area contributed by atoms with E-state index in [-0.39, 0.29) is 0 Å². The predicted molar refractivity (Wildman–Crippen MR) is 79.4 cm³/mol. The average Bonchev–Trinajstić information content (AvgIpc) is 2.91. The highest BCUT2D eigenvalue weighted by Gasteiger charge is 2.12. The summed E-state index contributed by atoms with van der Waals surface area (Å²) in [7, 11) is 3.86. The Balaban J connectivity index is 1.85. The second kappa shape index (κ2) is 6.78. The van der Waals surface area contributed by atoms with Crippen molar-refractivity contribution in [1.29, 1.82) is 0 Å². The number of benzene rings is 1. The summed E-state index contributed by atoms with van der Waals surface area (Å²) in [5, 5.41) is 0. The van der Waals surface area contributed by atoms with Crippen molar-refractivity contribution in [1.82, 2.24) is 9.80 Å². The maximum absolute atomic E-state index is 5.77. The molecule has 1 aliphatic heterocycles. The number of nitrogens with two attached hydrogens (primary N) is 1. The van der Waals surface area contributed by atoms with Crippen LogP contribution in [0.1, 0.15) is 18.4 Å². The fourth-order valence-corrected chi connectivity index (χ4v) is 2.58. The number of nitrogens with zero attached hydrogens (tertiary/aromatic N) is 2. The van der Waals surface area contributed by atoms with Crippen molar-refractivity contribution in [2.45, 2.75) is 19.4 Å². The summed E-state index contributed by atoms with van der Waals surface area (Å²) in [6, 6.07) is 5.89. The van der Waals surface area contributed by atoms with Crippen molar-refractivity contribution >= 4 is 5.69 Å². The van der Waals surface area contributed by atoms with Gasteiger partial charge in [-0.1, -0.05) is 6.07 Å². The lowest BCUT2D eigenvalue weighted by molar-refractivity contribution is 0.250. The van der Waals surface area contributed by atoms with Crippen LogP contribution in [0, 0.1) is 0 Å². The van der Waals surface area contributed by atoms with E-state index in [1.165, 1.54) is 31.5 Å². The lowest BCUT2D eigenvalue weighted by Gasteiger charge is -2.22. The van der Waals surface area contributed by atoms with Crippen molar-refractivity contribution in [2.24, 2.45) is 0 Å². The summed E-state index contributed by atoms with van der Waals surface area (Å²) >= 11 is 0. The van der Waals surface area contributed by atoms with Crippen LogP contribution < -0.4 is 10.5 Å². The number of ether oxygens (including phenoxy) is 1. The van der Waals surface area contributed by atoms with Gasteiger partial charge in [-0.25, -0.2) is 0 Å². The molecule has 0 aliphatic carbocycles. The normalized spacial score (nSPS) is 16.2. The second-order valence-electron chi connectivity index (χ2n) is 5.36. The molecule has 1 aromatic carbocycles. The van der Waals surface area contributed by atoms with Crippen LogP contribution in [0.2, 0.25) is 0 Å². The third kappa shape index (κ3) is 4.11. The zero-order valence-electron chi connectivity index (χ0n) is 12.1. The molecule has 0 amide bonds. The molecule has 4 nitrogen and oxygen atoms in total. The van der Waals surface area contributed by atoms with Crippen LogP contribution >= 0.6 is 0 Å². The Morgan fingerprint density at radius 2 is 2.05 bits per heavy atom. The molecule has 106 valence electrons. The highest BCUT2D eigenvalue weighted by Crippen LogP contribution is 2.22. The summed E-state index contributed by atoms with van der Waals surface area (Å²) in [4.78, 5) is 4.88. The SMILES string of the molecule is COc1cc(N)ccc1CN(C)CCN1CCCC1. The van der Waals surface area contributed by atoms with Gasteiger partial charge >= 0.3 is 0 Å². The Kier molecular flexibility index (Phi) is 5.05. The lowest BCUT2D eigenvalue weighted by Crippen LogP contribution is -2.31. The Bertz CT molecular complexity index is 402. The largest absolute Gasteiger partial charge is 0.496 e. The summed E-state index contributed by atoms with van der Waals surface area (Å²) in [6.07, 6.45) is 2.71. The molecule has 2 rings (SSSR count). The van der Waals surface area contributed by atoms with Crippen molar-refractivity contribution in [3.8, 4) is 5.75 Å². The highest BCUT2D eigenvalue weighted by atomic mass is 16.5. The van der Waals surface area contributed by atoms with Crippen LogP contribution in [0.15, 0.2) is 18.2 Å². The minimum atomic E-state index is 0.750. The van der Waals surface area contributed by atoms with E-state index in [4.69, 9.17) is 10.5 Å². The molecule has 1 saturated heterocycles. The molecule has 0 atom stereocenters. The highest BCUT2D eigenvalue weighted by molar-refractivity contribution is 5.48. The van der Waals surface area contributed by atoms with Gasteiger partial charge in [-0.15, -0.1) is 0 Å². The quantitative estimate of drug-likeness (QED) is 0.795. The van der Waals surface area contributed by atoms with E-state index in [1.54, 1.807) is 7.11 Å². The zero-order chi connectivity index (χ0) is 13.7. The van der Waals surface area contributed by atoms with Crippen LogP contribution in [0.5, 0.6) is 5.75 Å². The van der Waals surface area contributed by atoms with Crippen LogP contribution in [0.25, 0.3) is 0 Å². The Morgan fingerprint density at radius 1 is 1.32 bits per heavy atom. The molecular formula is C15H25N3O. The third-order valence-corrected chi connectivity index (χ3v) is 3.75. The summed E-state index contributed by atoms with van der Waals surface area (Å²) in [5.41, 5.74) is 7.72. The molecular weight excluding hydrogens is 238 g/mol. The number of rotatable bonds is 6. The van der Waals surface area contributed by atoms with Crippen molar-refractivity contribution in [3.63, 3.8) is 0 Å². The molecule has 0 aromatic heterocycles. The maximum atomic E-state index is 5.77. The molecule has 0 unspecified atom stereocenters. The van der Waals surface area contributed by atoms with Gasteiger partial charge in [0.15, 0.2) is 0 Å². The van der Waals surface area contributed by atoms with E-state index in [0.29, 0.717) is 0 Å². The first-order valence-electron chi connectivity index (χ1n) is 7.02. The molecule has 19 heavy (non-hydrogen) atoms. The van der Waals surface area contributed by atoms with E-state index in [1.807, 2.05) is 12.1 Å². The molecule has 1 aromatic rings. The molecule has 0 spiro atoms. The lowest BCUT2D eigenvalue weighted by atomic mass is 10.1. The molecule has 0 radical (unpaired) electrons. The first-order chi connectivity index (χ1) is 9.19. The minimum Gasteiger partial charge on any atom is -0.496 e. The van der Waals surface area contributed by atoms with Gasteiger partial charge < -0.3 is 20.3 Å². The van der Waals surface area contributed by atoms with Gasteiger partial charge in [0.1, 0.15) is 5.75 Å². The number of likely N-dealkylation sites (N-methyl/N-ethyl adjacent to an activating group) is 1. The number of anilines is 1. The van der Waals surface area contributed by atoms with Gasteiger partial charge in [-0.05, 0) is 39.0 Å². The number of methoxy groups -OCH3 is 1. The van der Waals surface area contributed by atoms with E-state index in [2.05, 4.69) is 22.9 Å². The molecule has 0 bridgehead atoms. The molecule has 1 fully saturated rings. The summed E-state index contributed by atoms with van der Waals surface area (Å²) in [6.45, 7) is 5.68. The van der Waals surface area contributed by atoms with Crippen LogP contribution in [0.4, 0.5) is 5.69 Å². The minimum absolute atomic E-state index is 0.750. The van der Waals surface area contributed by atoms with Crippen LogP contribution in [0.3, 0.4) is 0 Å². The Labute approximate surface area is 116 Å². The Morgan fingerprint density at radius 3 is 2.74 bits per heavy atom. The van der Waals surface area contributed by atoms with E-state index < -0.39 is 0 Å². The fourth-order valence-electron chi connectivity index (χ4n) is 2.58. The summed E-state index contributed by atoms with van der Waals surface area (Å²) < 4.78 is 5.39. The molecule has 1 heterocycles. The van der Waals surface area contributed by atoms with Gasteiger partial charge in [-0.2, -0.15) is 0 Å². The van der Waals surface area contributed by atoms with Crippen LogP contribution in [-0.4, -0.2) is 50.1 Å². The van der Waals surface area contributed by atoms with Gasteiger partial charge in [0.2, 0.25) is 0 Å². The monoisotopic (exact) mass is 263 g/mol. The Hall–Kier alpha value is -1.26. The van der Waals surface area contributed by atoms with E-state index in [0.717, 1.165) is 31.1 Å². The van der Waals surface area contributed by atoms with Gasteiger partial charge in [0.25, 0.3) is 0 Å². The second-order valence-corrected chi connectivity index (χ2v) is 5.36. The number of hydrogen-bond donors (Lipinski definition) is 1. The van der Waals surface area contributed by atoms with Gasteiger partial charge in [0.05, 0.1) is 7.11 Å². The topological polar surface area (TPSA) is 41.7 Å². The first kappa shape index (κ1) is 14.2. The smallest absolute Gasteiger partial charge is 0.125 e. The molecule has 4 heteroatoms. The standard InChI is InChI=1S/C15H25N3O/c1-17(9-10-18-7-3-4-8-18)12-13-5-6-14(16)11-15(13)19-2/h5-6,11H,3-4,7-10,12,16H2,1-2H3. The zero-order valence-corrected chi connectivity index (χ0v) is 12.1.